The van der Waals surface area contributed by atoms with Crippen molar-refractivity contribution in [3.8, 4) is 0 Å². The second kappa shape index (κ2) is 7.24. The van der Waals surface area contributed by atoms with Crippen LogP contribution in [-0.4, -0.2) is 48.8 Å². The van der Waals surface area contributed by atoms with Gasteiger partial charge in [-0.05, 0) is 71.9 Å². The largest absolute Gasteiger partial charge is 0.375 e. The lowest BCUT2D eigenvalue weighted by molar-refractivity contribution is -0.102. The van der Waals surface area contributed by atoms with Crippen LogP contribution < -0.4 is 5.32 Å². The summed E-state index contributed by atoms with van der Waals surface area (Å²) in [4.78, 5) is 2.76. The summed E-state index contributed by atoms with van der Waals surface area (Å²) < 4.78 is 6.03. The lowest BCUT2D eigenvalue weighted by atomic mass is 9.87. The summed E-state index contributed by atoms with van der Waals surface area (Å²) in [6, 6.07) is 1.34. The van der Waals surface area contributed by atoms with E-state index in [4.69, 9.17) is 4.74 Å². The highest BCUT2D eigenvalue weighted by atomic mass is 16.5. The minimum Gasteiger partial charge on any atom is -0.375 e. The summed E-state index contributed by atoms with van der Waals surface area (Å²) in [7, 11) is 0. The van der Waals surface area contributed by atoms with Crippen LogP contribution in [0.1, 0.15) is 59.8 Å². The van der Waals surface area contributed by atoms with E-state index >= 15 is 0 Å². The number of nitrogens with one attached hydrogen (secondary N) is 1. The number of rotatable bonds is 5. The Morgan fingerprint density at radius 3 is 2.75 bits per heavy atom. The Labute approximate surface area is 125 Å². The first-order chi connectivity index (χ1) is 9.54. The fourth-order valence-corrected chi connectivity index (χ4v) is 3.79. The molecule has 0 aliphatic carbocycles. The molecule has 0 aromatic rings. The molecule has 0 radical (unpaired) electrons. The molecule has 3 unspecified atom stereocenters. The topological polar surface area (TPSA) is 24.5 Å². The second-order valence-corrected chi connectivity index (χ2v) is 7.30. The van der Waals surface area contributed by atoms with E-state index in [-0.39, 0.29) is 5.60 Å². The molecule has 2 saturated heterocycles. The highest BCUT2D eigenvalue weighted by Crippen LogP contribution is 2.32. The van der Waals surface area contributed by atoms with Crippen molar-refractivity contribution in [3.63, 3.8) is 0 Å². The Hall–Kier alpha value is -0.120. The Balaban J connectivity index is 1.96. The van der Waals surface area contributed by atoms with E-state index in [0.29, 0.717) is 12.1 Å². The average Bonchev–Trinajstić information content (AvgIpc) is 2.45. The summed E-state index contributed by atoms with van der Waals surface area (Å²) in [5, 5.41) is 3.56. The maximum absolute atomic E-state index is 6.03. The molecule has 20 heavy (non-hydrogen) atoms. The van der Waals surface area contributed by atoms with E-state index in [1.165, 1.54) is 45.3 Å². The van der Waals surface area contributed by atoms with Gasteiger partial charge in [-0.2, -0.15) is 0 Å². The third-order valence-electron chi connectivity index (χ3n) is 5.32. The minimum atomic E-state index is 0.0981. The monoisotopic (exact) mass is 282 g/mol. The fraction of sp³-hybridized carbons (Fsp3) is 1.00. The van der Waals surface area contributed by atoms with Crippen LogP contribution in [0.3, 0.4) is 0 Å². The number of piperidine rings is 1. The Morgan fingerprint density at radius 1 is 1.35 bits per heavy atom. The first kappa shape index (κ1) is 16.3. The smallest absolute Gasteiger partial charge is 0.0666 e. The molecule has 0 bridgehead atoms. The molecule has 2 aliphatic rings. The maximum Gasteiger partial charge on any atom is 0.0666 e. The Bertz CT molecular complexity index is 289. The van der Waals surface area contributed by atoms with Gasteiger partial charge in [0.25, 0.3) is 0 Å². The van der Waals surface area contributed by atoms with Crippen LogP contribution >= 0.6 is 0 Å². The lowest BCUT2D eigenvalue weighted by Gasteiger charge is -2.45. The molecule has 1 N–H and O–H groups in total. The summed E-state index contributed by atoms with van der Waals surface area (Å²) in [6.45, 7) is 13.9. The predicted octanol–water partition coefficient (Wildman–Crippen LogP) is 3.04. The van der Waals surface area contributed by atoms with Crippen molar-refractivity contribution in [2.24, 2.45) is 5.92 Å². The maximum atomic E-state index is 6.03. The fourth-order valence-electron chi connectivity index (χ4n) is 3.79. The second-order valence-electron chi connectivity index (χ2n) is 7.30. The van der Waals surface area contributed by atoms with Gasteiger partial charge >= 0.3 is 0 Å². The number of hydrogen-bond acceptors (Lipinski definition) is 3. The molecule has 0 aromatic heterocycles. The third kappa shape index (κ3) is 4.19. The first-order valence-electron chi connectivity index (χ1n) is 8.64. The molecule has 3 atom stereocenters. The van der Waals surface area contributed by atoms with Crippen molar-refractivity contribution < 1.29 is 4.74 Å². The van der Waals surface area contributed by atoms with E-state index < -0.39 is 0 Å². The molecule has 0 amide bonds. The number of ether oxygens (including phenoxy) is 1. The Morgan fingerprint density at radius 2 is 2.15 bits per heavy atom. The van der Waals surface area contributed by atoms with Crippen LogP contribution in [0, 0.1) is 5.92 Å². The summed E-state index contributed by atoms with van der Waals surface area (Å²) in [6.07, 6.45) is 6.26. The Kier molecular flexibility index (Phi) is 5.88. The van der Waals surface area contributed by atoms with E-state index in [0.717, 1.165) is 18.9 Å². The van der Waals surface area contributed by atoms with Gasteiger partial charge in [0.2, 0.25) is 0 Å². The molecule has 2 heterocycles. The highest BCUT2D eigenvalue weighted by molar-refractivity contribution is 4.89. The zero-order valence-corrected chi connectivity index (χ0v) is 14.0. The quantitative estimate of drug-likeness (QED) is 0.839. The molecule has 2 aliphatic heterocycles. The van der Waals surface area contributed by atoms with Gasteiger partial charge in [-0.3, -0.25) is 4.90 Å². The third-order valence-corrected chi connectivity index (χ3v) is 5.32. The van der Waals surface area contributed by atoms with Crippen molar-refractivity contribution >= 4 is 0 Å². The highest BCUT2D eigenvalue weighted by Gasteiger charge is 2.36. The van der Waals surface area contributed by atoms with Crippen LogP contribution in [0.4, 0.5) is 0 Å². The van der Waals surface area contributed by atoms with E-state index in [1.807, 2.05) is 0 Å². The van der Waals surface area contributed by atoms with Crippen LogP contribution in [0.2, 0.25) is 0 Å². The predicted molar refractivity (Wildman–Crippen MR) is 85.1 cm³/mol. The van der Waals surface area contributed by atoms with Crippen molar-refractivity contribution in [2.75, 3.05) is 26.2 Å². The number of nitrogens with zero attached hydrogens (tertiary/aromatic N) is 1. The molecule has 3 nitrogen and oxygen atoms in total. The van der Waals surface area contributed by atoms with E-state index in [2.05, 4.69) is 37.9 Å². The molecule has 3 heteroatoms. The molecule has 2 fully saturated rings. The SMILES string of the molecule is CCC1(C)CC(N(CC2CCCNC2)C(C)C)CCO1. The molecule has 118 valence electrons. The van der Waals surface area contributed by atoms with Gasteiger partial charge in [0.05, 0.1) is 5.60 Å². The number of hydrogen-bond donors (Lipinski definition) is 1. The van der Waals surface area contributed by atoms with Crippen molar-refractivity contribution in [2.45, 2.75) is 77.5 Å². The summed E-state index contributed by atoms with van der Waals surface area (Å²) in [5.74, 6) is 0.835. The van der Waals surface area contributed by atoms with Crippen molar-refractivity contribution in [3.05, 3.63) is 0 Å². The van der Waals surface area contributed by atoms with Gasteiger partial charge < -0.3 is 10.1 Å². The summed E-state index contributed by atoms with van der Waals surface area (Å²) in [5.41, 5.74) is 0.0981. The van der Waals surface area contributed by atoms with Gasteiger partial charge in [-0.1, -0.05) is 6.92 Å². The average molecular weight is 282 g/mol. The zero-order chi connectivity index (χ0) is 14.6. The van der Waals surface area contributed by atoms with E-state index in [9.17, 15) is 0 Å². The molecule has 0 saturated carbocycles. The van der Waals surface area contributed by atoms with Crippen LogP contribution in [0.15, 0.2) is 0 Å². The van der Waals surface area contributed by atoms with Gasteiger partial charge in [0, 0.05) is 25.2 Å². The minimum absolute atomic E-state index is 0.0981. The molecular weight excluding hydrogens is 248 g/mol. The summed E-state index contributed by atoms with van der Waals surface area (Å²) >= 11 is 0. The molecule has 2 rings (SSSR count). The van der Waals surface area contributed by atoms with Gasteiger partial charge in [-0.25, -0.2) is 0 Å². The van der Waals surface area contributed by atoms with Crippen LogP contribution in [0.5, 0.6) is 0 Å². The standard InChI is InChI=1S/C17H34N2O/c1-5-17(4)11-16(8-10-20-17)19(14(2)3)13-15-7-6-9-18-12-15/h14-16,18H,5-13H2,1-4H3. The molecule has 0 spiro atoms. The van der Waals surface area contributed by atoms with Crippen LogP contribution in [0.25, 0.3) is 0 Å². The van der Waals surface area contributed by atoms with Gasteiger partial charge in [0.1, 0.15) is 0 Å². The normalized spacial score (nSPS) is 35.7. The first-order valence-corrected chi connectivity index (χ1v) is 8.64. The van der Waals surface area contributed by atoms with Crippen molar-refractivity contribution in [1.29, 1.82) is 0 Å². The van der Waals surface area contributed by atoms with Gasteiger partial charge in [-0.15, -0.1) is 0 Å². The molecular formula is C17H34N2O. The van der Waals surface area contributed by atoms with E-state index in [1.54, 1.807) is 0 Å². The molecule has 0 aromatic carbocycles. The zero-order valence-electron chi connectivity index (χ0n) is 14.0. The van der Waals surface area contributed by atoms with Crippen molar-refractivity contribution in [1.82, 2.24) is 10.2 Å². The van der Waals surface area contributed by atoms with Gasteiger partial charge in [0.15, 0.2) is 0 Å². The lowest BCUT2D eigenvalue weighted by Crippen LogP contribution is -2.52. The van der Waals surface area contributed by atoms with Crippen LogP contribution in [-0.2, 0) is 4.74 Å².